The molecule has 0 aliphatic carbocycles. The van der Waals surface area contributed by atoms with Crippen LogP contribution in [-0.2, 0) is 0 Å². The van der Waals surface area contributed by atoms with Crippen molar-refractivity contribution in [3.63, 3.8) is 0 Å². The van der Waals surface area contributed by atoms with Crippen molar-refractivity contribution >= 4 is 16.9 Å². The molecule has 0 saturated carbocycles. The number of likely N-dealkylation sites (tertiary alicyclic amines) is 1. The van der Waals surface area contributed by atoms with Crippen molar-refractivity contribution < 1.29 is 19.1 Å². The molecule has 1 aliphatic rings. The Hall–Kier alpha value is -2.05. The summed E-state index contributed by atoms with van der Waals surface area (Å²) < 4.78 is 10.9. The van der Waals surface area contributed by atoms with Crippen LogP contribution < -0.4 is 10.1 Å². The molecule has 0 atom stereocenters. The van der Waals surface area contributed by atoms with Gasteiger partial charge in [0.2, 0.25) is 0 Å². The number of ether oxygens (including phenoxy) is 1. The molecule has 0 radical (unpaired) electrons. The van der Waals surface area contributed by atoms with Crippen LogP contribution in [0.3, 0.4) is 0 Å². The number of benzene rings is 1. The van der Waals surface area contributed by atoms with Crippen LogP contribution in [0.4, 0.5) is 0 Å². The highest BCUT2D eigenvalue weighted by Gasteiger charge is 2.17. The molecular formula is C18H24N2O4. The Morgan fingerprint density at radius 2 is 2.21 bits per heavy atom. The van der Waals surface area contributed by atoms with E-state index in [-0.39, 0.29) is 12.0 Å². The molecule has 1 aromatic carbocycles. The van der Waals surface area contributed by atoms with Gasteiger partial charge in [-0.1, -0.05) is 12.1 Å². The third-order valence-electron chi connectivity index (χ3n) is 4.45. The van der Waals surface area contributed by atoms with Crippen molar-refractivity contribution in [1.82, 2.24) is 10.2 Å². The third kappa shape index (κ3) is 3.88. The number of rotatable bonds is 6. The average Bonchev–Trinajstić information content (AvgIpc) is 3.04. The maximum absolute atomic E-state index is 12.2. The van der Waals surface area contributed by atoms with E-state index >= 15 is 0 Å². The van der Waals surface area contributed by atoms with E-state index < -0.39 is 0 Å². The number of nitrogens with zero attached hydrogens (tertiary/aromatic N) is 1. The fraction of sp³-hybridized carbons (Fsp3) is 0.500. The number of carbonyl (C=O) groups excluding carboxylic acids is 1. The number of furan rings is 1. The largest absolute Gasteiger partial charge is 0.493 e. The first-order valence-corrected chi connectivity index (χ1v) is 8.42. The average molecular weight is 332 g/mol. The summed E-state index contributed by atoms with van der Waals surface area (Å²) >= 11 is 0. The Labute approximate surface area is 141 Å². The van der Waals surface area contributed by atoms with Crippen LogP contribution in [0.2, 0.25) is 0 Å². The first kappa shape index (κ1) is 16.8. The first-order chi connectivity index (χ1) is 11.7. The summed E-state index contributed by atoms with van der Waals surface area (Å²) in [5.74, 6) is 0.719. The molecule has 6 heteroatoms. The van der Waals surface area contributed by atoms with Crippen molar-refractivity contribution in [3.8, 4) is 5.75 Å². The Morgan fingerprint density at radius 3 is 2.96 bits per heavy atom. The number of hydrogen-bond acceptors (Lipinski definition) is 5. The second-order valence-corrected chi connectivity index (χ2v) is 6.17. The highest BCUT2D eigenvalue weighted by Crippen LogP contribution is 2.28. The van der Waals surface area contributed by atoms with E-state index in [0.29, 0.717) is 23.6 Å². The molecule has 1 saturated heterocycles. The predicted octanol–water partition coefficient (Wildman–Crippen LogP) is 2.02. The number of fused-ring (bicyclic) bond motifs is 1. The molecule has 0 unspecified atom stereocenters. The van der Waals surface area contributed by atoms with Crippen LogP contribution in [0.25, 0.3) is 11.0 Å². The van der Waals surface area contributed by atoms with E-state index in [9.17, 15) is 9.90 Å². The Bertz CT molecular complexity index is 689. The van der Waals surface area contributed by atoms with Gasteiger partial charge in [0.05, 0.1) is 13.2 Å². The minimum Gasteiger partial charge on any atom is -0.493 e. The van der Waals surface area contributed by atoms with Gasteiger partial charge in [0.25, 0.3) is 5.91 Å². The molecule has 2 aromatic rings. The minimum absolute atomic E-state index is 0.147. The molecule has 6 nitrogen and oxygen atoms in total. The normalized spacial score (nSPS) is 16.4. The summed E-state index contributed by atoms with van der Waals surface area (Å²) in [6, 6.07) is 7.30. The standard InChI is InChI=1S/C18H24N2O4/c1-23-15-5-2-4-13-12-16(24-17(13)15)18(22)19-8-3-9-20-10-6-14(21)7-11-20/h2,4-5,12,14,21H,3,6-11H2,1H3,(H,19,22). The molecule has 130 valence electrons. The van der Waals surface area contributed by atoms with E-state index in [1.807, 2.05) is 18.2 Å². The summed E-state index contributed by atoms with van der Waals surface area (Å²) in [7, 11) is 1.58. The number of nitrogens with one attached hydrogen (secondary N) is 1. The van der Waals surface area contributed by atoms with Gasteiger partial charge in [0.1, 0.15) is 0 Å². The van der Waals surface area contributed by atoms with Crippen LogP contribution >= 0.6 is 0 Å². The Kier molecular flexibility index (Phi) is 5.37. The smallest absolute Gasteiger partial charge is 0.287 e. The van der Waals surface area contributed by atoms with Crippen LogP contribution in [-0.4, -0.2) is 55.3 Å². The highest BCUT2D eigenvalue weighted by molar-refractivity contribution is 5.97. The van der Waals surface area contributed by atoms with Crippen LogP contribution in [0.1, 0.15) is 29.8 Å². The number of methoxy groups -OCH3 is 1. The second kappa shape index (κ2) is 7.68. The third-order valence-corrected chi connectivity index (χ3v) is 4.45. The van der Waals surface area contributed by atoms with Crippen molar-refractivity contribution in [2.24, 2.45) is 0 Å². The number of aliphatic hydroxyl groups excluding tert-OH is 1. The summed E-state index contributed by atoms with van der Waals surface area (Å²) in [4.78, 5) is 14.5. The lowest BCUT2D eigenvalue weighted by Crippen LogP contribution is -2.37. The highest BCUT2D eigenvalue weighted by atomic mass is 16.5. The zero-order valence-electron chi connectivity index (χ0n) is 14.0. The maximum Gasteiger partial charge on any atom is 0.287 e. The first-order valence-electron chi connectivity index (χ1n) is 8.42. The van der Waals surface area contributed by atoms with E-state index in [2.05, 4.69) is 10.2 Å². The number of amides is 1. The molecule has 1 aromatic heterocycles. The fourth-order valence-electron chi connectivity index (χ4n) is 3.04. The van der Waals surface area contributed by atoms with Crippen molar-refractivity contribution in [2.45, 2.75) is 25.4 Å². The zero-order valence-corrected chi connectivity index (χ0v) is 14.0. The van der Waals surface area contributed by atoms with Crippen LogP contribution in [0.5, 0.6) is 5.75 Å². The second-order valence-electron chi connectivity index (χ2n) is 6.17. The summed E-state index contributed by atoms with van der Waals surface area (Å²) in [6.07, 6.45) is 2.41. The molecular weight excluding hydrogens is 308 g/mol. The molecule has 1 aliphatic heterocycles. The van der Waals surface area contributed by atoms with Crippen molar-refractivity contribution in [3.05, 3.63) is 30.0 Å². The summed E-state index contributed by atoms with van der Waals surface area (Å²) in [5, 5.41) is 13.2. The van der Waals surface area contributed by atoms with Gasteiger partial charge < -0.3 is 24.5 Å². The molecule has 0 bridgehead atoms. The van der Waals surface area contributed by atoms with Gasteiger partial charge in [0.15, 0.2) is 17.1 Å². The number of para-hydroxylation sites is 1. The SMILES string of the molecule is COc1cccc2cc(C(=O)NCCCN3CCC(O)CC3)oc12. The molecule has 24 heavy (non-hydrogen) atoms. The van der Waals surface area contributed by atoms with Gasteiger partial charge in [-0.3, -0.25) is 4.79 Å². The summed E-state index contributed by atoms with van der Waals surface area (Å²) in [6.45, 7) is 3.39. The van der Waals surface area contributed by atoms with Crippen LogP contribution in [0.15, 0.2) is 28.7 Å². The Balaban J connectivity index is 1.48. The van der Waals surface area contributed by atoms with E-state index in [4.69, 9.17) is 9.15 Å². The van der Waals surface area contributed by atoms with E-state index in [0.717, 1.165) is 44.3 Å². The number of carbonyl (C=O) groups is 1. The topological polar surface area (TPSA) is 74.9 Å². The molecule has 0 spiro atoms. The number of hydrogen-bond donors (Lipinski definition) is 2. The molecule has 2 heterocycles. The van der Waals surface area contributed by atoms with Gasteiger partial charge in [0, 0.05) is 25.0 Å². The van der Waals surface area contributed by atoms with Crippen molar-refractivity contribution in [2.75, 3.05) is 33.3 Å². The minimum atomic E-state index is -0.206. The quantitative estimate of drug-likeness (QED) is 0.792. The number of aliphatic hydroxyl groups is 1. The van der Waals surface area contributed by atoms with Gasteiger partial charge in [-0.05, 0) is 37.9 Å². The molecule has 3 rings (SSSR count). The lowest BCUT2D eigenvalue weighted by molar-refractivity contribution is 0.0814. The lowest BCUT2D eigenvalue weighted by atomic mass is 10.1. The van der Waals surface area contributed by atoms with E-state index in [1.165, 1.54) is 0 Å². The zero-order chi connectivity index (χ0) is 16.9. The van der Waals surface area contributed by atoms with Gasteiger partial charge in [-0.2, -0.15) is 0 Å². The van der Waals surface area contributed by atoms with Gasteiger partial charge in [-0.15, -0.1) is 0 Å². The lowest BCUT2D eigenvalue weighted by Gasteiger charge is -2.29. The van der Waals surface area contributed by atoms with Crippen molar-refractivity contribution in [1.29, 1.82) is 0 Å². The van der Waals surface area contributed by atoms with Gasteiger partial charge >= 0.3 is 0 Å². The van der Waals surface area contributed by atoms with Gasteiger partial charge in [-0.25, -0.2) is 0 Å². The molecule has 1 amide bonds. The maximum atomic E-state index is 12.2. The predicted molar refractivity (Wildman–Crippen MR) is 91.4 cm³/mol. The molecule has 2 N–H and O–H groups in total. The Morgan fingerprint density at radius 1 is 1.42 bits per heavy atom. The number of piperidine rings is 1. The fourth-order valence-corrected chi connectivity index (χ4v) is 3.04. The summed E-state index contributed by atoms with van der Waals surface area (Å²) in [5.41, 5.74) is 0.594. The van der Waals surface area contributed by atoms with Crippen LogP contribution in [0, 0.1) is 0 Å². The molecule has 1 fully saturated rings. The van der Waals surface area contributed by atoms with E-state index in [1.54, 1.807) is 13.2 Å². The monoisotopic (exact) mass is 332 g/mol.